The zero-order chi connectivity index (χ0) is 25.5. The van der Waals surface area contributed by atoms with Gasteiger partial charge in [0.1, 0.15) is 12.6 Å². The van der Waals surface area contributed by atoms with Crippen LogP contribution in [0.1, 0.15) is 44.2 Å². The van der Waals surface area contributed by atoms with E-state index >= 15 is 0 Å². The summed E-state index contributed by atoms with van der Waals surface area (Å²) in [6.07, 6.45) is 1.66. The lowest BCUT2D eigenvalue weighted by Crippen LogP contribution is -2.52. The molecule has 1 aliphatic carbocycles. The fourth-order valence-corrected chi connectivity index (χ4v) is 5.25. The summed E-state index contributed by atoms with van der Waals surface area (Å²) in [5, 5.41) is 15.0. The second-order valence-corrected chi connectivity index (χ2v) is 10.2. The highest BCUT2D eigenvalue weighted by molar-refractivity contribution is 7.98. The number of aliphatic carboxylic acids is 1. The second kappa shape index (κ2) is 12.1. The number of thioether (sulfide) groups is 1. The van der Waals surface area contributed by atoms with E-state index in [1.807, 2.05) is 56.5 Å². The molecule has 35 heavy (non-hydrogen) atoms. The van der Waals surface area contributed by atoms with E-state index in [2.05, 4.69) is 22.8 Å². The predicted molar refractivity (Wildman–Crippen MR) is 139 cm³/mol. The van der Waals surface area contributed by atoms with Crippen molar-refractivity contribution < 1.29 is 24.2 Å². The van der Waals surface area contributed by atoms with Gasteiger partial charge >= 0.3 is 12.1 Å². The minimum absolute atomic E-state index is 0.0750. The number of carbonyl (C=O) groups is 3. The highest BCUT2D eigenvalue weighted by atomic mass is 32.2. The van der Waals surface area contributed by atoms with Gasteiger partial charge in [0.05, 0.1) is 5.92 Å². The fourth-order valence-electron chi connectivity index (χ4n) is 4.78. The first-order chi connectivity index (χ1) is 16.7. The normalized spacial score (nSPS) is 15.0. The van der Waals surface area contributed by atoms with E-state index in [0.717, 1.165) is 22.3 Å². The van der Waals surface area contributed by atoms with Crippen molar-refractivity contribution in [2.45, 2.75) is 45.2 Å². The van der Waals surface area contributed by atoms with Crippen LogP contribution >= 0.6 is 11.8 Å². The van der Waals surface area contributed by atoms with Crippen LogP contribution in [0.5, 0.6) is 0 Å². The number of carboxylic acid groups (broad SMARTS) is 1. The smallest absolute Gasteiger partial charge is 0.407 e. The van der Waals surface area contributed by atoms with Crippen LogP contribution in [0.15, 0.2) is 48.5 Å². The number of rotatable bonds is 11. The summed E-state index contributed by atoms with van der Waals surface area (Å²) in [7, 11) is 0. The van der Waals surface area contributed by atoms with E-state index in [-0.39, 0.29) is 18.4 Å². The van der Waals surface area contributed by atoms with Crippen molar-refractivity contribution in [1.82, 2.24) is 10.6 Å². The third kappa shape index (κ3) is 6.36. The average molecular weight is 499 g/mol. The number of alkyl carbamates (subject to hydrolysis) is 1. The standard InChI is InChI=1S/C27H34N2O5S/c1-16(2)24(26(31)32)17(3)28-25(30)23(13-14-35-4)29-27(33)34-15-22-20-11-7-5-9-18(20)19-10-6-8-12-21(19)22/h5-12,16-17,22-24H,13-15H2,1-4H3,(H,28,30)(H,29,33)(H,31,32)/t17?,23-,24?/m1/s1. The summed E-state index contributed by atoms with van der Waals surface area (Å²) in [6, 6.07) is 14.8. The first-order valence-corrected chi connectivity index (χ1v) is 13.3. The molecule has 188 valence electrons. The molecular weight excluding hydrogens is 464 g/mol. The van der Waals surface area contributed by atoms with Crippen molar-refractivity contribution in [3.63, 3.8) is 0 Å². The summed E-state index contributed by atoms with van der Waals surface area (Å²) < 4.78 is 5.60. The van der Waals surface area contributed by atoms with E-state index in [4.69, 9.17) is 4.74 Å². The highest BCUT2D eigenvalue weighted by Crippen LogP contribution is 2.44. The number of nitrogens with one attached hydrogen (secondary N) is 2. The van der Waals surface area contributed by atoms with Gasteiger partial charge < -0.3 is 20.5 Å². The Kier molecular flexibility index (Phi) is 9.20. The summed E-state index contributed by atoms with van der Waals surface area (Å²) in [5.41, 5.74) is 4.50. The molecule has 2 amide bonds. The third-order valence-electron chi connectivity index (χ3n) is 6.47. The van der Waals surface area contributed by atoms with Gasteiger partial charge in [0.15, 0.2) is 0 Å². The van der Waals surface area contributed by atoms with E-state index < -0.39 is 36.0 Å². The maximum absolute atomic E-state index is 12.9. The van der Waals surface area contributed by atoms with Gasteiger partial charge in [-0.25, -0.2) is 4.79 Å². The topological polar surface area (TPSA) is 105 Å². The molecular formula is C27H34N2O5S. The number of carbonyl (C=O) groups excluding carboxylic acids is 2. The zero-order valence-corrected chi connectivity index (χ0v) is 21.4. The van der Waals surface area contributed by atoms with Crippen molar-refractivity contribution in [2.24, 2.45) is 11.8 Å². The third-order valence-corrected chi connectivity index (χ3v) is 7.12. The van der Waals surface area contributed by atoms with E-state index in [9.17, 15) is 19.5 Å². The number of fused-ring (bicyclic) bond motifs is 3. The lowest BCUT2D eigenvalue weighted by atomic mass is 9.89. The SMILES string of the molecule is CSCC[C@@H](NC(=O)OCC1c2ccccc2-c2ccccc21)C(=O)NC(C)C(C(=O)O)C(C)C. The number of carboxylic acids is 1. The molecule has 0 spiro atoms. The molecule has 0 bridgehead atoms. The Balaban J connectivity index is 1.65. The van der Waals surface area contributed by atoms with Crippen molar-refractivity contribution in [1.29, 1.82) is 0 Å². The van der Waals surface area contributed by atoms with Gasteiger partial charge in [-0.15, -0.1) is 0 Å². The first kappa shape index (κ1) is 26.6. The molecule has 0 fully saturated rings. The first-order valence-electron chi connectivity index (χ1n) is 11.9. The van der Waals surface area contributed by atoms with Crippen LogP contribution in [-0.4, -0.2) is 53.8 Å². The predicted octanol–water partition coefficient (Wildman–Crippen LogP) is 4.51. The van der Waals surface area contributed by atoms with Crippen LogP contribution in [-0.2, 0) is 14.3 Å². The Labute approximate surface area is 211 Å². The molecule has 2 unspecified atom stereocenters. The summed E-state index contributed by atoms with van der Waals surface area (Å²) >= 11 is 1.56. The second-order valence-electron chi connectivity index (χ2n) is 9.21. The van der Waals surface area contributed by atoms with Gasteiger partial charge in [0, 0.05) is 12.0 Å². The van der Waals surface area contributed by atoms with Crippen molar-refractivity contribution >= 4 is 29.7 Å². The molecule has 0 aliphatic heterocycles. The monoisotopic (exact) mass is 498 g/mol. The molecule has 3 rings (SSSR count). The summed E-state index contributed by atoms with van der Waals surface area (Å²) in [6.45, 7) is 5.44. The van der Waals surface area contributed by atoms with E-state index in [1.54, 1.807) is 18.7 Å². The van der Waals surface area contributed by atoms with Crippen LogP contribution in [0.2, 0.25) is 0 Å². The van der Waals surface area contributed by atoms with Gasteiger partial charge in [-0.3, -0.25) is 9.59 Å². The number of ether oxygens (including phenoxy) is 1. The summed E-state index contributed by atoms with van der Waals surface area (Å²) in [5.74, 6) is -1.67. The van der Waals surface area contributed by atoms with Crippen LogP contribution in [0.25, 0.3) is 11.1 Å². The number of amides is 2. The molecule has 8 heteroatoms. The number of hydrogen-bond donors (Lipinski definition) is 3. The minimum atomic E-state index is -0.960. The Morgan fingerprint density at radius 1 is 0.971 bits per heavy atom. The van der Waals surface area contributed by atoms with Crippen molar-refractivity contribution in [2.75, 3.05) is 18.6 Å². The largest absolute Gasteiger partial charge is 0.481 e. The highest BCUT2D eigenvalue weighted by Gasteiger charge is 2.32. The van der Waals surface area contributed by atoms with Crippen molar-refractivity contribution in [3.8, 4) is 11.1 Å². The molecule has 1 aliphatic rings. The Hall–Kier alpha value is -3.00. The van der Waals surface area contributed by atoms with E-state index in [0.29, 0.717) is 12.2 Å². The fraction of sp³-hybridized carbons (Fsp3) is 0.444. The molecule has 2 aromatic carbocycles. The Morgan fingerprint density at radius 2 is 1.54 bits per heavy atom. The van der Waals surface area contributed by atoms with Gasteiger partial charge in [0.2, 0.25) is 5.91 Å². The molecule has 2 aromatic rings. The molecule has 3 atom stereocenters. The zero-order valence-electron chi connectivity index (χ0n) is 20.6. The van der Waals surface area contributed by atoms with Gasteiger partial charge in [-0.1, -0.05) is 62.4 Å². The molecule has 3 N–H and O–H groups in total. The Morgan fingerprint density at radius 3 is 2.06 bits per heavy atom. The lowest BCUT2D eigenvalue weighted by Gasteiger charge is -2.27. The van der Waals surface area contributed by atoms with Crippen LogP contribution < -0.4 is 10.6 Å². The van der Waals surface area contributed by atoms with Gasteiger partial charge in [0.25, 0.3) is 0 Å². The maximum Gasteiger partial charge on any atom is 0.407 e. The van der Waals surface area contributed by atoms with Gasteiger partial charge in [-0.2, -0.15) is 11.8 Å². The Bertz CT molecular complexity index is 1010. The molecule has 0 radical (unpaired) electrons. The van der Waals surface area contributed by atoms with E-state index in [1.165, 1.54) is 0 Å². The van der Waals surface area contributed by atoms with Gasteiger partial charge in [-0.05, 0) is 53.5 Å². The quantitative estimate of drug-likeness (QED) is 0.421. The molecule has 0 saturated carbocycles. The average Bonchev–Trinajstić information content (AvgIpc) is 3.13. The number of hydrogen-bond acceptors (Lipinski definition) is 5. The molecule has 0 aromatic heterocycles. The molecule has 7 nitrogen and oxygen atoms in total. The minimum Gasteiger partial charge on any atom is -0.481 e. The van der Waals surface area contributed by atoms with Crippen LogP contribution in [0.3, 0.4) is 0 Å². The molecule has 0 saturated heterocycles. The molecule has 0 heterocycles. The lowest BCUT2D eigenvalue weighted by molar-refractivity contribution is -0.144. The summed E-state index contributed by atoms with van der Waals surface area (Å²) in [4.78, 5) is 37.3. The van der Waals surface area contributed by atoms with Crippen LogP contribution in [0, 0.1) is 11.8 Å². The maximum atomic E-state index is 12.9. The van der Waals surface area contributed by atoms with Crippen molar-refractivity contribution in [3.05, 3.63) is 59.7 Å². The number of benzene rings is 2. The van der Waals surface area contributed by atoms with Crippen LogP contribution in [0.4, 0.5) is 4.79 Å².